The number of hydrogen-bond donors (Lipinski definition) is 1. The van der Waals surface area contributed by atoms with Gasteiger partial charge in [0.25, 0.3) is 5.69 Å². The molecule has 1 N–H and O–H groups in total. The lowest BCUT2D eigenvalue weighted by atomic mass is 10.2. The molecule has 100 valence electrons. The standard InChI is InChI=1S/C11H16N2O4S/c1-3-18(16)7-6-12-10-5-4-9(17-2)8-11(10)13(14)15/h4-5,8,12H,3,6-7H2,1-2H3. The van der Waals surface area contributed by atoms with E-state index in [2.05, 4.69) is 5.32 Å². The Bertz CT molecular complexity index is 451. The van der Waals surface area contributed by atoms with Gasteiger partial charge in [-0.1, -0.05) is 6.92 Å². The van der Waals surface area contributed by atoms with Crippen LogP contribution in [0.1, 0.15) is 6.92 Å². The van der Waals surface area contributed by atoms with Crippen molar-refractivity contribution >= 4 is 22.2 Å². The van der Waals surface area contributed by atoms with E-state index in [1.54, 1.807) is 12.1 Å². The van der Waals surface area contributed by atoms with Gasteiger partial charge in [-0.15, -0.1) is 0 Å². The third-order valence-corrected chi connectivity index (χ3v) is 3.67. The zero-order chi connectivity index (χ0) is 13.5. The van der Waals surface area contributed by atoms with Gasteiger partial charge < -0.3 is 10.1 Å². The summed E-state index contributed by atoms with van der Waals surface area (Å²) in [4.78, 5) is 10.4. The number of benzene rings is 1. The summed E-state index contributed by atoms with van der Waals surface area (Å²) in [6.07, 6.45) is 0. The van der Waals surface area contributed by atoms with Gasteiger partial charge in [0.2, 0.25) is 0 Å². The van der Waals surface area contributed by atoms with E-state index in [0.29, 0.717) is 29.5 Å². The van der Waals surface area contributed by atoms with Gasteiger partial charge >= 0.3 is 0 Å². The van der Waals surface area contributed by atoms with Crippen molar-refractivity contribution in [2.75, 3.05) is 30.5 Å². The average Bonchev–Trinajstić information content (AvgIpc) is 2.38. The topological polar surface area (TPSA) is 81.5 Å². The van der Waals surface area contributed by atoms with Crippen LogP contribution in [0.3, 0.4) is 0 Å². The second-order valence-corrected chi connectivity index (χ2v) is 5.36. The van der Waals surface area contributed by atoms with Gasteiger partial charge in [-0.25, -0.2) is 0 Å². The first-order valence-corrected chi connectivity index (χ1v) is 6.98. The maximum atomic E-state index is 11.2. The van der Waals surface area contributed by atoms with E-state index in [4.69, 9.17) is 4.74 Å². The Morgan fingerprint density at radius 3 is 2.78 bits per heavy atom. The smallest absolute Gasteiger partial charge is 0.296 e. The first kappa shape index (κ1) is 14.4. The molecule has 0 radical (unpaired) electrons. The highest BCUT2D eigenvalue weighted by Gasteiger charge is 2.14. The van der Waals surface area contributed by atoms with Crippen molar-refractivity contribution in [1.82, 2.24) is 0 Å². The van der Waals surface area contributed by atoms with E-state index in [-0.39, 0.29) is 5.69 Å². The molecule has 18 heavy (non-hydrogen) atoms. The first-order valence-electron chi connectivity index (χ1n) is 5.49. The lowest BCUT2D eigenvalue weighted by molar-refractivity contribution is -0.384. The second-order valence-electron chi connectivity index (χ2n) is 3.50. The molecule has 7 heteroatoms. The largest absolute Gasteiger partial charge is 0.496 e. The van der Waals surface area contributed by atoms with E-state index in [9.17, 15) is 14.3 Å². The number of anilines is 1. The van der Waals surface area contributed by atoms with E-state index >= 15 is 0 Å². The Labute approximate surface area is 108 Å². The minimum Gasteiger partial charge on any atom is -0.496 e. The number of nitrogens with one attached hydrogen (secondary N) is 1. The maximum absolute atomic E-state index is 11.2. The van der Waals surface area contributed by atoms with Crippen LogP contribution >= 0.6 is 0 Å². The summed E-state index contributed by atoms with van der Waals surface area (Å²) < 4.78 is 16.2. The molecule has 1 rings (SSSR count). The van der Waals surface area contributed by atoms with E-state index < -0.39 is 15.7 Å². The molecule has 0 aromatic heterocycles. The number of nitrogens with zero attached hydrogens (tertiary/aromatic N) is 1. The minimum atomic E-state index is -0.881. The van der Waals surface area contributed by atoms with Crippen LogP contribution in [0.2, 0.25) is 0 Å². The lowest BCUT2D eigenvalue weighted by Crippen LogP contribution is -2.12. The van der Waals surface area contributed by atoms with E-state index in [0.717, 1.165) is 0 Å². The molecule has 1 unspecified atom stereocenters. The quantitative estimate of drug-likeness (QED) is 0.604. The highest BCUT2D eigenvalue weighted by Crippen LogP contribution is 2.28. The Kier molecular flexibility index (Phi) is 5.57. The third-order valence-electron chi connectivity index (χ3n) is 2.37. The molecule has 0 amide bonds. The normalized spacial score (nSPS) is 11.9. The van der Waals surface area contributed by atoms with Crippen LogP contribution in [0.4, 0.5) is 11.4 Å². The lowest BCUT2D eigenvalue weighted by Gasteiger charge is -2.08. The summed E-state index contributed by atoms with van der Waals surface area (Å²) in [5.74, 6) is 1.50. The van der Waals surface area contributed by atoms with Crippen LogP contribution in [0.25, 0.3) is 0 Å². The van der Waals surface area contributed by atoms with Crippen LogP contribution in [-0.2, 0) is 10.8 Å². The van der Waals surface area contributed by atoms with Crippen LogP contribution in [-0.4, -0.2) is 34.3 Å². The average molecular weight is 272 g/mol. The molecule has 0 aliphatic rings. The fourth-order valence-corrected chi connectivity index (χ4v) is 2.00. The Balaban J connectivity index is 2.75. The summed E-state index contributed by atoms with van der Waals surface area (Å²) in [5.41, 5.74) is 0.366. The summed E-state index contributed by atoms with van der Waals surface area (Å²) in [7, 11) is 0.574. The maximum Gasteiger partial charge on any atom is 0.296 e. The van der Waals surface area contributed by atoms with Crippen molar-refractivity contribution in [3.63, 3.8) is 0 Å². The molecular weight excluding hydrogens is 256 g/mol. The van der Waals surface area contributed by atoms with Crippen LogP contribution in [0, 0.1) is 10.1 Å². The third kappa shape index (κ3) is 3.99. The molecule has 0 aliphatic carbocycles. The highest BCUT2D eigenvalue weighted by molar-refractivity contribution is 7.84. The van der Waals surface area contributed by atoms with E-state index in [1.807, 2.05) is 6.92 Å². The van der Waals surface area contributed by atoms with Crippen molar-refractivity contribution in [2.45, 2.75) is 6.92 Å². The van der Waals surface area contributed by atoms with Gasteiger partial charge in [0.05, 0.1) is 18.1 Å². The zero-order valence-corrected chi connectivity index (χ0v) is 11.2. The molecule has 1 atom stereocenters. The van der Waals surface area contributed by atoms with Gasteiger partial charge in [0, 0.05) is 28.9 Å². The molecule has 0 spiro atoms. The summed E-state index contributed by atoms with van der Waals surface area (Å²) >= 11 is 0. The molecule has 1 aromatic rings. The van der Waals surface area contributed by atoms with Crippen molar-refractivity contribution in [3.8, 4) is 5.75 Å². The van der Waals surface area contributed by atoms with Crippen molar-refractivity contribution in [2.24, 2.45) is 0 Å². The molecule has 0 bridgehead atoms. The Hall–Kier alpha value is -1.63. The first-order chi connectivity index (χ1) is 8.58. The Morgan fingerprint density at radius 2 is 2.22 bits per heavy atom. The van der Waals surface area contributed by atoms with Crippen molar-refractivity contribution in [3.05, 3.63) is 28.3 Å². The number of rotatable bonds is 7. The molecule has 0 heterocycles. The van der Waals surface area contributed by atoms with Crippen LogP contribution in [0.15, 0.2) is 18.2 Å². The van der Waals surface area contributed by atoms with Gasteiger partial charge in [-0.05, 0) is 12.1 Å². The number of nitro groups is 1. The van der Waals surface area contributed by atoms with Crippen molar-refractivity contribution < 1.29 is 13.9 Å². The predicted octanol–water partition coefficient (Wildman–Crippen LogP) is 1.78. The number of hydrogen-bond acceptors (Lipinski definition) is 5. The molecule has 0 saturated heterocycles. The molecule has 0 saturated carbocycles. The Morgan fingerprint density at radius 1 is 1.50 bits per heavy atom. The summed E-state index contributed by atoms with van der Waals surface area (Å²) in [6.45, 7) is 2.28. The highest BCUT2D eigenvalue weighted by atomic mass is 32.2. The van der Waals surface area contributed by atoms with Gasteiger partial charge in [0.1, 0.15) is 11.4 Å². The van der Waals surface area contributed by atoms with Crippen molar-refractivity contribution in [1.29, 1.82) is 0 Å². The van der Waals surface area contributed by atoms with Crippen LogP contribution in [0.5, 0.6) is 5.75 Å². The second kappa shape index (κ2) is 6.95. The summed E-state index contributed by atoms with van der Waals surface area (Å²) in [5, 5.41) is 13.8. The number of methoxy groups -OCH3 is 1. The summed E-state index contributed by atoms with van der Waals surface area (Å²) in [6, 6.07) is 4.59. The van der Waals surface area contributed by atoms with Crippen LogP contribution < -0.4 is 10.1 Å². The number of nitro benzene ring substituents is 1. The monoisotopic (exact) mass is 272 g/mol. The molecule has 6 nitrogen and oxygen atoms in total. The number of ether oxygens (including phenoxy) is 1. The molecule has 1 aromatic carbocycles. The van der Waals surface area contributed by atoms with Gasteiger partial charge in [-0.2, -0.15) is 0 Å². The van der Waals surface area contributed by atoms with E-state index in [1.165, 1.54) is 13.2 Å². The van der Waals surface area contributed by atoms with Gasteiger partial charge in [-0.3, -0.25) is 14.3 Å². The minimum absolute atomic E-state index is 0.0448. The molecule has 0 fully saturated rings. The molecular formula is C11H16N2O4S. The molecule has 0 aliphatic heterocycles. The van der Waals surface area contributed by atoms with Gasteiger partial charge in [0.15, 0.2) is 0 Å². The zero-order valence-electron chi connectivity index (χ0n) is 10.3. The SMILES string of the molecule is CCS(=O)CCNc1ccc(OC)cc1[N+](=O)[O-]. The predicted molar refractivity (Wildman–Crippen MR) is 71.7 cm³/mol. The fourth-order valence-electron chi connectivity index (χ4n) is 1.38. The fraction of sp³-hybridized carbons (Fsp3) is 0.455.